The highest BCUT2D eigenvalue weighted by Gasteiger charge is 2.29. The first kappa shape index (κ1) is 15.4. The number of nitro groups is 1. The van der Waals surface area contributed by atoms with Crippen molar-refractivity contribution in [2.75, 3.05) is 19.6 Å². The molecule has 1 fully saturated rings. The average molecular weight is 291 g/mol. The van der Waals surface area contributed by atoms with Crippen LogP contribution in [0.15, 0.2) is 18.2 Å². The summed E-state index contributed by atoms with van der Waals surface area (Å²) in [6.07, 6.45) is 2.88. The van der Waals surface area contributed by atoms with E-state index in [2.05, 4.69) is 0 Å². The average Bonchev–Trinajstić information content (AvgIpc) is 2.47. The molecule has 0 saturated carbocycles. The molecule has 2 N–H and O–H groups in total. The van der Waals surface area contributed by atoms with Gasteiger partial charge in [-0.3, -0.25) is 14.9 Å². The number of likely N-dealkylation sites (tertiary alicyclic amines) is 1. The molecule has 1 aliphatic heterocycles. The van der Waals surface area contributed by atoms with Crippen molar-refractivity contribution in [3.05, 3.63) is 39.4 Å². The second-order valence-corrected chi connectivity index (χ2v) is 5.56. The molecule has 0 bridgehead atoms. The predicted octanol–water partition coefficient (Wildman–Crippen LogP) is 2.10. The molecule has 1 saturated heterocycles. The summed E-state index contributed by atoms with van der Waals surface area (Å²) in [5.41, 5.74) is 6.34. The van der Waals surface area contributed by atoms with E-state index in [1.807, 2.05) is 0 Å². The smallest absolute Gasteiger partial charge is 0.282 e. The quantitative estimate of drug-likeness (QED) is 0.679. The Morgan fingerprint density at radius 3 is 2.95 bits per heavy atom. The Kier molecular flexibility index (Phi) is 4.90. The van der Waals surface area contributed by atoms with E-state index in [1.54, 1.807) is 24.0 Å². The number of carbonyl (C=O) groups is 1. The SMILES string of the molecule is Cc1cccc([N+](=O)[O-])c1C(=O)N1CCCC(CCN)C1. The van der Waals surface area contributed by atoms with Crippen LogP contribution >= 0.6 is 0 Å². The molecular formula is C15H21N3O3. The number of hydrogen-bond donors (Lipinski definition) is 1. The molecule has 1 atom stereocenters. The highest BCUT2D eigenvalue weighted by Crippen LogP contribution is 2.26. The van der Waals surface area contributed by atoms with Crippen molar-refractivity contribution < 1.29 is 9.72 Å². The third-order valence-corrected chi connectivity index (χ3v) is 4.04. The molecule has 1 unspecified atom stereocenters. The fraction of sp³-hybridized carbons (Fsp3) is 0.533. The van der Waals surface area contributed by atoms with Gasteiger partial charge in [0.1, 0.15) is 5.56 Å². The maximum absolute atomic E-state index is 12.7. The zero-order valence-electron chi connectivity index (χ0n) is 12.2. The zero-order valence-corrected chi connectivity index (χ0v) is 12.2. The van der Waals surface area contributed by atoms with Gasteiger partial charge in [-0.25, -0.2) is 0 Å². The van der Waals surface area contributed by atoms with Crippen molar-refractivity contribution in [2.24, 2.45) is 11.7 Å². The van der Waals surface area contributed by atoms with Crippen molar-refractivity contribution in [2.45, 2.75) is 26.2 Å². The Bertz CT molecular complexity index is 543. The maximum Gasteiger partial charge on any atom is 0.282 e. The molecule has 1 aromatic rings. The third kappa shape index (κ3) is 3.39. The lowest BCUT2D eigenvalue weighted by Crippen LogP contribution is -2.40. The van der Waals surface area contributed by atoms with E-state index < -0.39 is 4.92 Å². The Balaban J connectivity index is 2.25. The summed E-state index contributed by atoms with van der Waals surface area (Å²) in [4.78, 5) is 25.1. The fourth-order valence-electron chi connectivity index (χ4n) is 2.96. The van der Waals surface area contributed by atoms with Crippen molar-refractivity contribution >= 4 is 11.6 Å². The summed E-state index contributed by atoms with van der Waals surface area (Å²) in [5, 5.41) is 11.1. The van der Waals surface area contributed by atoms with Crippen LogP contribution in [0.1, 0.15) is 35.2 Å². The standard InChI is InChI=1S/C15H21N3O3/c1-11-4-2-6-13(18(20)21)14(11)15(19)17-9-3-5-12(10-17)7-8-16/h2,4,6,12H,3,5,7-10,16H2,1H3. The fourth-order valence-corrected chi connectivity index (χ4v) is 2.96. The molecular weight excluding hydrogens is 270 g/mol. The zero-order chi connectivity index (χ0) is 15.4. The summed E-state index contributed by atoms with van der Waals surface area (Å²) in [6, 6.07) is 4.74. The van der Waals surface area contributed by atoms with Crippen LogP contribution in [0, 0.1) is 23.0 Å². The van der Waals surface area contributed by atoms with Crippen LogP contribution in [0.5, 0.6) is 0 Å². The number of hydrogen-bond acceptors (Lipinski definition) is 4. The number of piperidine rings is 1. The van der Waals surface area contributed by atoms with Crippen LogP contribution in [0.3, 0.4) is 0 Å². The van der Waals surface area contributed by atoms with Crippen molar-refractivity contribution in [1.29, 1.82) is 0 Å². The molecule has 1 amide bonds. The minimum Gasteiger partial charge on any atom is -0.338 e. The first-order valence-electron chi connectivity index (χ1n) is 7.28. The Morgan fingerprint density at radius 2 is 2.29 bits per heavy atom. The summed E-state index contributed by atoms with van der Waals surface area (Å²) in [6.45, 7) is 3.64. The maximum atomic E-state index is 12.7. The second-order valence-electron chi connectivity index (χ2n) is 5.56. The van der Waals surface area contributed by atoms with Gasteiger partial charge in [0, 0.05) is 19.2 Å². The summed E-state index contributed by atoms with van der Waals surface area (Å²) >= 11 is 0. The van der Waals surface area contributed by atoms with Crippen LogP contribution < -0.4 is 5.73 Å². The Hall–Kier alpha value is -1.95. The molecule has 0 radical (unpaired) electrons. The number of rotatable bonds is 4. The summed E-state index contributed by atoms with van der Waals surface area (Å²) in [5.74, 6) is 0.164. The third-order valence-electron chi connectivity index (χ3n) is 4.04. The predicted molar refractivity (Wildman–Crippen MR) is 80.1 cm³/mol. The van der Waals surface area contributed by atoms with Gasteiger partial charge in [0.2, 0.25) is 0 Å². The van der Waals surface area contributed by atoms with Gasteiger partial charge in [-0.2, -0.15) is 0 Å². The first-order chi connectivity index (χ1) is 10.0. The molecule has 0 aliphatic carbocycles. The monoisotopic (exact) mass is 291 g/mol. The van der Waals surface area contributed by atoms with E-state index in [9.17, 15) is 14.9 Å². The first-order valence-corrected chi connectivity index (χ1v) is 7.28. The van der Waals surface area contributed by atoms with Gasteiger partial charge < -0.3 is 10.6 Å². The van der Waals surface area contributed by atoms with E-state index in [1.165, 1.54) is 6.07 Å². The van der Waals surface area contributed by atoms with Gasteiger partial charge in [0.15, 0.2) is 0 Å². The Labute approximate surface area is 124 Å². The number of benzene rings is 1. The molecule has 0 spiro atoms. The number of carbonyl (C=O) groups excluding carboxylic acids is 1. The van der Waals surface area contributed by atoms with Crippen LogP contribution in [-0.2, 0) is 0 Å². The number of amides is 1. The second kappa shape index (κ2) is 6.67. The van der Waals surface area contributed by atoms with Crippen molar-refractivity contribution in [1.82, 2.24) is 4.90 Å². The molecule has 1 heterocycles. The minimum absolute atomic E-state index is 0.110. The number of aryl methyl sites for hydroxylation is 1. The Morgan fingerprint density at radius 1 is 1.52 bits per heavy atom. The minimum atomic E-state index is -0.485. The van der Waals surface area contributed by atoms with Crippen molar-refractivity contribution in [3.8, 4) is 0 Å². The number of nitro benzene ring substituents is 1. The van der Waals surface area contributed by atoms with Gasteiger partial charge in [-0.1, -0.05) is 12.1 Å². The lowest BCUT2D eigenvalue weighted by molar-refractivity contribution is -0.385. The van der Waals surface area contributed by atoms with Crippen LogP contribution in [0.25, 0.3) is 0 Å². The number of nitrogens with two attached hydrogens (primary N) is 1. The molecule has 114 valence electrons. The van der Waals surface area contributed by atoms with E-state index in [0.717, 1.165) is 19.3 Å². The molecule has 1 aliphatic rings. The topological polar surface area (TPSA) is 89.5 Å². The largest absolute Gasteiger partial charge is 0.338 e. The highest BCUT2D eigenvalue weighted by atomic mass is 16.6. The van der Waals surface area contributed by atoms with E-state index >= 15 is 0 Å². The lowest BCUT2D eigenvalue weighted by Gasteiger charge is -2.32. The number of nitrogens with zero attached hydrogens (tertiary/aromatic N) is 2. The van der Waals surface area contributed by atoms with Crippen LogP contribution in [0.2, 0.25) is 0 Å². The van der Waals surface area contributed by atoms with Gasteiger partial charge in [-0.05, 0) is 44.2 Å². The summed E-state index contributed by atoms with van der Waals surface area (Å²) in [7, 11) is 0. The summed E-state index contributed by atoms with van der Waals surface area (Å²) < 4.78 is 0. The molecule has 0 aromatic heterocycles. The lowest BCUT2D eigenvalue weighted by atomic mass is 9.94. The van der Waals surface area contributed by atoms with Gasteiger partial charge >= 0.3 is 0 Å². The van der Waals surface area contributed by atoms with Crippen LogP contribution in [0.4, 0.5) is 5.69 Å². The van der Waals surface area contributed by atoms with Gasteiger partial charge in [0.05, 0.1) is 4.92 Å². The molecule has 1 aromatic carbocycles. The normalized spacial score (nSPS) is 18.6. The van der Waals surface area contributed by atoms with Gasteiger partial charge in [0.25, 0.3) is 11.6 Å². The van der Waals surface area contributed by atoms with Crippen molar-refractivity contribution in [3.63, 3.8) is 0 Å². The van der Waals surface area contributed by atoms with Gasteiger partial charge in [-0.15, -0.1) is 0 Å². The highest BCUT2D eigenvalue weighted by molar-refractivity contribution is 5.99. The molecule has 6 heteroatoms. The molecule has 21 heavy (non-hydrogen) atoms. The van der Waals surface area contributed by atoms with E-state index in [-0.39, 0.29) is 17.2 Å². The molecule has 2 rings (SSSR count). The van der Waals surface area contributed by atoms with E-state index in [4.69, 9.17) is 5.73 Å². The van der Waals surface area contributed by atoms with Crippen LogP contribution in [-0.4, -0.2) is 35.4 Å². The molecule has 6 nitrogen and oxygen atoms in total. The van der Waals surface area contributed by atoms with E-state index in [0.29, 0.717) is 31.1 Å².